The second-order valence-electron chi connectivity index (χ2n) is 6.47. The third-order valence-electron chi connectivity index (χ3n) is 4.74. The van der Waals surface area contributed by atoms with E-state index in [1.165, 1.54) is 0 Å². The van der Waals surface area contributed by atoms with Crippen molar-refractivity contribution < 1.29 is 4.42 Å². The molecular weight excluding hydrogens is 330 g/mol. The minimum absolute atomic E-state index is 0.799. The molecule has 0 atom stereocenters. The number of nitrogens with zero attached hydrogens (tertiary/aromatic N) is 1. The topological polar surface area (TPSA) is 26.0 Å². The highest BCUT2D eigenvalue weighted by molar-refractivity contribution is 6.02. The third-order valence-corrected chi connectivity index (χ3v) is 4.74. The molecule has 0 saturated heterocycles. The lowest BCUT2D eigenvalue weighted by molar-refractivity contribution is 0.631. The van der Waals surface area contributed by atoms with Gasteiger partial charge in [0.15, 0.2) is 5.58 Å². The van der Waals surface area contributed by atoms with E-state index < -0.39 is 0 Å². The SMILES string of the molecule is c1ccc(-c2cc3c(-c4ccccc4)c(-c4ccccc4)oc3cn2)cc1. The van der Waals surface area contributed by atoms with E-state index in [9.17, 15) is 0 Å². The van der Waals surface area contributed by atoms with Crippen molar-refractivity contribution in [2.24, 2.45) is 0 Å². The molecule has 27 heavy (non-hydrogen) atoms. The molecule has 2 nitrogen and oxygen atoms in total. The summed E-state index contributed by atoms with van der Waals surface area (Å²) in [4.78, 5) is 4.63. The van der Waals surface area contributed by atoms with Crippen LogP contribution in [0.1, 0.15) is 0 Å². The van der Waals surface area contributed by atoms with Crippen LogP contribution >= 0.6 is 0 Å². The van der Waals surface area contributed by atoms with E-state index in [2.05, 4.69) is 59.6 Å². The molecule has 0 saturated carbocycles. The Balaban J connectivity index is 1.80. The highest BCUT2D eigenvalue weighted by Gasteiger charge is 2.18. The number of rotatable bonds is 3. The molecule has 0 bridgehead atoms. The fraction of sp³-hybridized carbons (Fsp3) is 0. The Bertz CT molecular complexity index is 1190. The summed E-state index contributed by atoms with van der Waals surface area (Å²) in [6.07, 6.45) is 1.83. The first-order chi connectivity index (χ1) is 13.4. The predicted molar refractivity (Wildman–Crippen MR) is 110 cm³/mol. The molecule has 0 aliphatic rings. The van der Waals surface area contributed by atoms with Gasteiger partial charge in [0.25, 0.3) is 0 Å². The normalized spacial score (nSPS) is 11.0. The number of aromatic nitrogens is 1. The van der Waals surface area contributed by atoms with Crippen molar-refractivity contribution >= 4 is 11.0 Å². The van der Waals surface area contributed by atoms with Gasteiger partial charge < -0.3 is 4.42 Å². The monoisotopic (exact) mass is 347 g/mol. The molecule has 2 heterocycles. The zero-order chi connectivity index (χ0) is 18.1. The van der Waals surface area contributed by atoms with Crippen molar-refractivity contribution in [2.75, 3.05) is 0 Å². The van der Waals surface area contributed by atoms with E-state index >= 15 is 0 Å². The first-order valence-electron chi connectivity index (χ1n) is 8.99. The smallest absolute Gasteiger partial charge is 0.153 e. The van der Waals surface area contributed by atoms with Gasteiger partial charge in [-0.1, -0.05) is 91.0 Å². The van der Waals surface area contributed by atoms with E-state index in [0.29, 0.717) is 0 Å². The number of hydrogen-bond acceptors (Lipinski definition) is 2. The summed E-state index contributed by atoms with van der Waals surface area (Å²) in [5, 5.41) is 1.08. The molecule has 0 aliphatic heterocycles. The van der Waals surface area contributed by atoms with Gasteiger partial charge in [-0.25, -0.2) is 0 Å². The van der Waals surface area contributed by atoms with E-state index in [1.54, 1.807) is 0 Å². The lowest BCUT2D eigenvalue weighted by atomic mass is 9.98. The highest BCUT2D eigenvalue weighted by atomic mass is 16.3. The van der Waals surface area contributed by atoms with Crippen LogP contribution < -0.4 is 0 Å². The van der Waals surface area contributed by atoms with E-state index in [-0.39, 0.29) is 0 Å². The van der Waals surface area contributed by atoms with Gasteiger partial charge in [-0.3, -0.25) is 4.98 Å². The van der Waals surface area contributed by atoms with Crippen LogP contribution in [0.2, 0.25) is 0 Å². The average Bonchev–Trinajstić information content (AvgIpc) is 3.14. The summed E-state index contributed by atoms with van der Waals surface area (Å²) in [7, 11) is 0. The number of fused-ring (bicyclic) bond motifs is 1. The van der Waals surface area contributed by atoms with Crippen molar-refractivity contribution in [3.63, 3.8) is 0 Å². The highest BCUT2D eigenvalue weighted by Crippen LogP contribution is 2.41. The Labute approximate surface area is 157 Å². The van der Waals surface area contributed by atoms with Gasteiger partial charge in [0.05, 0.1) is 11.9 Å². The zero-order valence-electron chi connectivity index (χ0n) is 14.7. The molecule has 5 rings (SSSR count). The van der Waals surface area contributed by atoms with Gasteiger partial charge in [0.2, 0.25) is 0 Å². The molecule has 0 fully saturated rings. The maximum atomic E-state index is 6.27. The van der Waals surface area contributed by atoms with Crippen molar-refractivity contribution in [1.29, 1.82) is 0 Å². The molecule has 0 aliphatic carbocycles. The Morgan fingerprint density at radius 2 is 1.15 bits per heavy atom. The van der Waals surface area contributed by atoms with Crippen molar-refractivity contribution in [1.82, 2.24) is 4.98 Å². The van der Waals surface area contributed by atoms with Crippen LogP contribution in [0.15, 0.2) is 108 Å². The minimum atomic E-state index is 0.799. The summed E-state index contributed by atoms with van der Waals surface area (Å²) in [6, 6.07) is 33.0. The number of furan rings is 1. The zero-order valence-corrected chi connectivity index (χ0v) is 14.7. The Morgan fingerprint density at radius 1 is 0.593 bits per heavy atom. The van der Waals surface area contributed by atoms with E-state index in [0.717, 1.165) is 44.7 Å². The summed E-state index contributed by atoms with van der Waals surface area (Å²) in [5.41, 5.74) is 6.15. The second kappa shape index (κ2) is 6.58. The Kier molecular flexibility index (Phi) is 3.80. The molecule has 0 unspecified atom stereocenters. The molecule has 5 aromatic rings. The molecule has 2 aromatic heterocycles. The van der Waals surface area contributed by atoms with Gasteiger partial charge in [-0.2, -0.15) is 0 Å². The number of benzene rings is 3. The van der Waals surface area contributed by atoms with Crippen molar-refractivity contribution in [3.8, 4) is 33.7 Å². The van der Waals surface area contributed by atoms with Gasteiger partial charge in [-0.15, -0.1) is 0 Å². The van der Waals surface area contributed by atoms with Crippen molar-refractivity contribution in [3.05, 3.63) is 103 Å². The quantitative estimate of drug-likeness (QED) is 0.357. The fourth-order valence-corrected chi connectivity index (χ4v) is 3.45. The molecular formula is C25H17NO. The van der Waals surface area contributed by atoms with Gasteiger partial charge >= 0.3 is 0 Å². The number of pyridine rings is 1. The molecule has 0 N–H and O–H groups in total. The summed E-state index contributed by atoms with van der Waals surface area (Å²) < 4.78 is 6.27. The molecule has 0 radical (unpaired) electrons. The summed E-state index contributed by atoms with van der Waals surface area (Å²) in [5.74, 6) is 0.879. The van der Waals surface area contributed by atoms with E-state index in [1.807, 2.05) is 48.7 Å². The lowest BCUT2D eigenvalue weighted by Gasteiger charge is -2.04. The van der Waals surface area contributed by atoms with Crippen LogP contribution in [0.5, 0.6) is 0 Å². The molecule has 128 valence electrons. The minimum Gasteiger partial charge on any atom is -0.454 e. The van der Waals surface area contributed by atoms with Crippen LogP contribution in [0, 0.1) is 0 Å². The van der Waals surface area contributed by atoms with Gasteiger partial charge in [0, 0.05) is 22.1 Å². The first-order valence-corrected chi connectivity index (χ1v) is 8.99. The third kappa shape index (κ3) is 2.81. The van der Waals surface area contributed by atoms with Crippen LogP contribution in [0.25, 0.3) is 44.7 Å². The average molecular weight is 347 g/mol. The lowest BCUT2D eigenvalue weighted by Crippen LogP contribution is -1.84. The maximum absolute atomic E-state index is 6.27. The molecule has 2 heteroatoms. The first kappa shape index (κ1) is 15.6. The van der Waals surface area contributed by atoms with Gasteiger partial charge in [0.1, 0.15) is 5.76 Å². The van der Waals surface area contributed by atoms with Crippen molar-refractivity contribution in [2.45, 2.75) is 0 Å². The fourth-order valence-electron chi connectivity index (χ4n) is 3.45. The summed E-state index contributed by atoms with van der Waals surface area (Å²) in [6.45, 7) is 0. The molecule has 0 amide bonds. The summed E-state index contributed by atoms with van der Waals surface area (Å²) >= 11 is 0. The second-order valence-corrected chi connectivity index (χ2v) is 6.47. The number of hydrogen-bond donors (Lipinski definition) is 0. The molecule has 0 spiro atoms. The van der Waals surface area contributed by atoms with Crippen LogP contribution in [0.3, 0.4) is 0 Å². The van der Waals surface area contributed by atoms with Crippen LogP contribution in [0.4, 0.5) is 0 Å². The molecule has 3 aromatic carbocycles. The Hall–Kier alpha value is -3.65. The maximum Gasteiger partial charge on any atom is 0.153 e. The van der Waals surface area contributed by atoms with Crippen LogP contribution in [-0.4, -0.2) is 4.98 Å². The predicted octanol–water partition coefficient (Wildman–Crippen LogP) is 6.83. The van der Waals surface area contributed by atoms with E-state index in [4.69, 9.17) is 4.42 Å². The van der Waals surface area contributed by atoms with Crippen LogP contribution in [-0.2, 0) is 0 Å². The largest absolute Gasteiger partial charge is 0.454 e. The Morgan fingerprint density at radius 3 is 1.78 bits per heavy atom. The van der Waals surface area contributed by atoms with Gasteiger partial charge in [-0.05, 0) is 11.6 Å². The standard InChI is InChI=1S/C25H17NO/c1-4-10-18(11-5-1)22-16-21-23(17-26-22)27-25(20-14-8-3-9-15-20)24(21)19-12-6-2-7-13-19/h1-17H.